The van der Waals surface area contributed by atoms with Gasteiger partial charge in [0.2, 0.25) is 0 Å². The Kier molecular flexibility index (Phi) is 5.92. The number of amides is 1. The first-order valence-electron chi connectivity index (χ1n) is 10.3. The van der Waals surface area contributed by atoms with Gasteiger partial charge in [0.05, 0.1) is 23.9 Å². The second-order valence-corrected chi connectivity index (χ2v) is 7.72. The van der Waals surface area contributed by atoms with Crippen LogP contribution in [0.15, 0.2) is 60.9 Å². The van der Waals surface area contributed by atoms with Crippen LogP contribution in [0.4, 0.5) is 0 Å². The predicted molar refractivity (Wildman–Crippen MR) is 116 cm³/mol. The van der Waals surface area contributed by atoms with E-state index in [-0.39, 0.29) is 18.0 Å². The van der Waals surface area contributed by atoms with Crippen molar-refractivity contribution < 1.29 is 4.79 Å². The van der Waals surface area contributed by atoms with Gasteiger partial charge >= 0.3 is 0 Å². The largest absolute Gasteiger partial charge is 0.344 e. The van der Waals surface area contributed by atoms with Gasteiger partial charge in [-0.25, -0.2) is 0 Å². The highest BCUT2D eigenvalue weighted by Crippen LogP contribution is 2.28. The molecular weight excluding hydrogens is 374 g/mol. The summed E-state index contributed by atoms with van der Waals surface area (Å²) in [5.41, 5.74) is 4.29. The first-order chi connectivity index (χ1) is 14.6. The topological polar surface area (TPSA) is 82.7 Å². The zero-order valence-electron chi connectivity index (χ0n) is 17.0. The van der Waals surface area contributed by atoms with Crippen molar-refractivity contribution in [1.29, 1.82) is 5.26 Å². The number of hydrogen-bond acceptors (Lipinski definition) is 4. The van der Waals surface area contributed by atoms with Crippen molar-refractivity contribution >= 4 is 5.91 Å². The first kappa shape index (κ1) is 19.9. The zero-order chi connectivity index (χ0) is 20.9. The van der Waals surface area contributed by atoms with Crippen LogP contribution >= 0.6 is 0 Å². The van der Waals surface area contributed by atoms with E-state index >= 15 is 0 Å². The van der Waals surface area contributed by atoms with Gasteiger partial charge in [-0.2, -0.15) is 10.4 Å². The highest BCUT2D eigenvalue weighted by Gasteiger charge is 2.27. The Labute approximate surface area is 176 Å². The summed E-state index contributed by atoms with van der Waals surface area (Å²) in [5, 5.41) is 20.1. The van der Waals surface area contributed by atoms with Crippen LogP contribution in [0.1, 0.15) is 46.8 Å². The monoisotopic (exact) mass is 399 g/mol. The SMILES string of the molecule is Cn1cc(-c2cccc([C@H](NC(=O)c3ccc(C#N)cc3)[C@@H]3CCCCN3)c2)cn1. The molecule has 1 saturated heterocycles. The van der Waals surface area contributed by atoms with Gasteiger partial charge in [-0.05, 0) is 60.8 Å². The molecule has 2 atom stereocenters. The zero-order valence-corrected chi connectivity index (χ0v) is 17.0. The van der Waals surface area contributed by atoms with Crippen molar-refractivity contribution in [2.45, 2.75) is 31.3 Å². The van der Waals surface area contributed by atoms with Crippen molar-refractivity contribution in [3.63, 3.8) is 0 Å². The Balaban J connectivity index is 1.63. The molecule has 0 aliphatic carbocycles. The van der Waals surface area contributed by atoms with Crippen molar-refractivity contribution in [1.82, 2.24) is 20.4 Å². The third-order valence-corrected chi connectivity index (χ3v) is 5.60. The molecule has 1 fully saturated rings. The number of nitrogens with zero attached hydrogens (tertiary/aromatic N) is 3. The van der Waals surface area contributed by atoms with Crippen LogP contribution in [0.5, 0.6) is 0 Å². The van der Waals surface area contributed by atoms with Crippen molar-refractivity contribution in [2.24, 2.45) is 7.05 Å². The first-order valence-corrected chi connectivity index (χ1v) is 10.3. The molecule has 2 aromatic carbocycles. The standard InChI is InChI=1S/C24H25N5O/c1-29-16-21(15-27-29)19-5-4-6-20(13-19)23(22-7-2-3-12-26-22)28-24(30)18-10-8-17(14-25)9-11-18/h4-6,8-11,13,15-16,22-23,26H,2-3,7,12H2,1H3,(H,28,30)/t22-,23-/m0/s1. The van der Waals surface area contributed by atoms with E-state index < -0.39 is 0 Å². The number of aryl methyl sites for hydroxylation is 1. The second-order valence-electron chi connectivity index (χ2n) is 7.72. The van der Waals surface area contributed by atoms with E-state index in [1.165, 1.54) is 0 Å². The van der Waals surface area contributed by atoms with Crippen LogP contribution < -0.4 is 10.6 Å². The number of carbonyl (C=O) groups is 1. The maximum atomic E-state index is 13.0. The molecular formula is C24H25N5O. The average Bonchev–Trinajstić information content (AvgIpc) is 3.24. The summed E-state index contributed by atoms with van der Waals surface area (Å²) >= 11 is 0. The Morgan fingerprint density at radius 1 is 1.23 bits per heavy atom. The fraction of sp³-hybridized carbons (Fsp3) is 0.292. The van der Waals surface area contributed by atoms with E-state index in [2.05, 4.69) is 40.0 Å². The van der Waals surface area contributed by atoms with Gasteiger partial charge in [0, 0.05) is 30.4 Å². The number of piperidine rings is 1. The van der Waals surface area contributed by atoms with Crippen molar-refractivity contribution in [3.8, 4) is 17.2 Å². The molecule has 0 radical (unpaired) electrons. The molecule has 6 heteroatoms. The number of carbonyl (C=O) groups excluding carboxylic acids is 1. The molecule has 152 valence electrons. The molecule has 2 heterocycles. The molecule has 4 rings (SSSR count). The van der Waals surface area contributed by atoms with Gasteiger partial charge in [-0.3, -0.25) is 9.48 Å². The summed E-state index contributed by atoms with van der Waals surface area (Å²) < 4.78 is 1.79. The third-order valence-electron chi connectivity index (χ3n) is 5.60. The van der Waals surface area contributed by atoms with Gasteiger partial charge in [-0.15, -0.1) is 0 Å². The van der Waals surface area contributed by atoms with Crippen LogP contribution in [0.25, 0.3) is 11.1 Å². The second kappa shape index (κ2) is 8.93. The van der Waals surface area contributed by atoms with Gasteiger partial charge in [0.15, 0.2) is 0 Å². The van der Waals surface area contributed by atoms with Crippen LogP contribution in [-0.2, 0) is 7.05 Å². The molecule has 1 aromatic heterocycles. The summed E-state index contributed by atoms with van der Waals surface area (Å²) in [4.78, 5) is 13.0. The molecule has 1 aliphatic heterocycles. The molecule has 6 nitrogen and oxygen atoms in total. The molecule has 0 saturated carbocycles. The summed E-state index contributed by atoms with van der Waals surface area (Å²) in [6.45, 7) is 0.955. The molecule has 30 heavy (non-hydrogen) atoms. The maximum absolute atomic E-state index is 13.0. The fourth-order valence-electron chi connectivity index (χ4n) is 3.98. The minimum atomic E-state index is -0.148. The van der Waals surface area contributed by atoms with Gasteiger partial charge in [-0.1, -0.05) is 24.6 Å². The van der Waals surface area contributed by atoms with E-state index in [9.17, 15) is 4.79 Å². The Hall–Kier alpha value is -3.43. The van der Waals surface area contributed by atoms with Crippen molar-refractivity contribution in [3.05, 3.63) is 77.6 Å². The highest BCUT2D eigenvalue weighted by molar-refractivity contribution is 5.94. The van der Waals surface area contributed by atoms with Crippen LogP contribution in [0.3, 0.4) is 0 Å². The molecule has 3 aromatic rings. The average molecular weight is 399 g/mol. The molecule has 1 aliphatic rings. The quantitative estimate of drug-likeness (QED) is 0.687. The van der Waals surface area contributed by atoms with E-state index in [0.717, 1.165) is 42.5 Å². The molecule has 0 unspecified atom stereocenters. The lowest BCUT2D eigenvalue weighted by Gasteiger charge is -2.32. The number of benzene rings is 2. The lowest BCUT2D eigenvalue weighted by atomic mass is 9.91. The van der Waals surface area contributed by atoms with E-state index in [4.69, 9.17) is 5.26 Å². The third kappa shape index (κ3) is 4.42. The summed E-state index contributed by atoms with van der Waals surface area (Å²) in [6.07, 6.45) is 7.14. The van der Waals surface area contributed by atoms with Crippen LogP contribution in [0.2, 0.25) is 0 Å². The van der Waals surface area contributed by atoms with E-state index in [0.29, 0.717) is 11.1 Å². The minimum absolute atomic E-state index is 0.136. The minimum Gasteiger partial charge on any atom is -0.344 e. The predicted octanol–water partition coefficient (Wildman–Crippen LogP) is 3.57. The van der Waals surface area contributed by atoms with Gasteiger partial charge in [0.1, 0.15) is 0 Å². The number of rotatable bonds is 5. The smallest absolute Gasteiger partial charge is 0.251 e. The number of aromatic nitrogens is 2. The molecule has 1 amide bonds. The molecule has 0 spiro atoms. The number of hydrogen-bond donors (Lipinski definition) is 2. The normalized spacial score (nSPS) is 17.1. The lowest BCUT2D eigenvalue weighted by molar-refractivity contribution is 0.0922. The number of nitriles is 1. The van der Waals surface area contributed by atoms with E-state index in [1.54, 1.807) is 28.9 Å². The Bertz CT molecular complexity index is 1060. The van der Waals surface area contributed by atoms with Crippen molar-refractivity contribution in [2.75, 3.05) is 6.54 Å². The molecule has 0 bridgehead atoms. The summed E-state index contributed by atoms with van der Waals surface area (Å²) in [5.74, 6) is -0.136. The van der Waals surface area contributed by atoms with Crippen LogP contribution in [0, 0.1) is 11.3 Å². The Morgan fingerprint density at radius 2 is 2.07 bits per heavy atom. The molecule has 2 N–H and O–H groups in total. The highest BCUT2D eigenvalue weighted by atomic mass is 16.1. The number of nitrogens with one attached hydrogen (secondary N) is 2. The van der Waals surface area contributed by atoms with Crippen LogP contribution in [-0.4, -0.2) is 28.3 Å². The van der Waals surface area contributed by atoms with Gasteiger partial charge in [0.25, 0.3) is 5.91 Å². The Morgan fingerprint density at radius 3 is 2.73 bits per heavy atom. The summed E-state index contributed by atoms with van der Waals surface area (Å²) in [6, 6.07) is 17.2. The van der Waals surface area contributed by atoms with Gasteiger partial charge < -0.3 is 10.6 Å². The maximum Gasteiger partial charge on any atom is 0.251 e. The van der Waals surface area contributed by atoms with E-state index in [1.807, 2.05) is 25.5 Å². The summed E-state index contributed by atoms with van der Waals surface area (Å²) in [7, 11) is 1.90. The fourth-order valence-corrected chi connectivity index (χ4v) is 3.98. The lowest BCUT2D eigenvalue weighted by Crippen LogP contribution is -2.46.